The normalized spacial score (nSPS) is 10.7. The zero-order valence-corrected chi connectivity index (χ0v) is 11.6. The number of fused-ring (bicyclic) bond motifs is 1. The summed E-state index contributed by atoms with van der Waals surface area (Å²) in [6.07, 6.45) is 0. The summed E-state index contributed by atoms with van der Waals surface area (Å²) in [6, 6.07) is 14.5. The van der Waals surface area contributed by atoms with E-state index in [-0.39, 0.29) is 5.63 Å². The zero-order valence-electron chi connectivity index (χ0n) is 11.6. The first-order chi connectivity index (χ1) is 10.1. The number of benzene rings is 2. The molecule has 0 aliphatic carbocycles. The van der Waals surface area contributed by atoms with Crippen LogP contribution >= 0.6 is 0 Å². The van der Waals surface area contributed by atoms with Gasteiger partial charge in [-0.15, -0.1) is 0 Å². The van der Waals surface area contributed by atoms with Gasteiger partial charge in [0.25, 0.3) is 0 Å². The molecule has 0 radical (unpaired) electrons. The fourth-order valence-electron chi connectivity index (χ4n) is 2.22. The van der Waals surface area contributed by atoms with Crippen LogP contribution in [-0.4, -0.2) is 0 Å². The molecule has 0 amide bonds. The Kier molecular flexibility index (Phi) is 3.36. The van der Waals surface area contributed by atoms with Gasteiger partial charge in [-0.3, -0.25) is 0 Å². The number of nitrogen functional groups attached to an aromatic ring is 1. The third-order valence-electron chi connectivity index (χ3n) is 3.37. The van der Waals surface area contributed by atoms with Gasteiger partial charge in [0.1, 0.15) is 17.9 Å². The van der Waals surface area contributed by atoms with Gasteiger partial charge in [0, 0.05) is 28.8 Å². The Bertz CT molecular complexity index is 852. The molecule has 1 heterocycles. The lowest BCUT2D eigenvalue weighted by Crippen LogP contribution is -2.01. The maximum Gasteiger partial charge on any atom is 0.336 e. The summed E-state index contributed by atoms with van der Waals surface area (Å²) >= 11 is 0. The van der Waals surface area contributed by atoms with E-state index in [1.54, 1.807) is 6.07 Å². The molecule has 106 valence electrons. The van der Waals surface area contributed by atoms with E-state index in [2.05, 4.69) is 0 Å². The summed E-state index contributed by atoms with van der Waals surface area (Å²) in [5, 5.41) is 0.904. The topological polar surface area (TPSA) is 65.5 Å². The third kappa shape index (κ3) is 2.74. The molecule has 2 N–H and O–H groups in total. The number of hydrogen-bond acceptors (Lipinski definition) is 4. The number of aryl methyl sites for hydroxylation is 1. The number of anilines is 1. The SMILES string of the molecule is Cc1cc(=O)oc2cc(OCc3ccccc3N)ccc12. The molecule has 0 unspecified atom stereocenters. The van der Waals surface area contributed by atoms with E-state index >= 15 is 0 Å². The summed E-state index contributed by atoms with van der Waals surface area (Å²) in [5.74, 6) is 0.638. The van der Waals surface area contributed by atoms with Crippen LogP contribution in [0.15, 0.2) is 57.7 Å². The Balaban J connectivity index is 1.88. The second-order valence-corrected chi connectivity index (χ2v) is 4.89. The van der Waals surface area contributed by atoms with Crippen molar-refractivity contribution < 1.29 is 9.15 Å². The number of nitrogens with two attached hydrogens (primary N) is 1. The molecule has 4 heteroatoms. The van der Waals surface area contributed by atoms with Gasteiger partial charge in [-0.05, 0) is 30.7 Å². The summed E-state index contributed by atoms with van der Waals surface area (Å²) in [6.45, 7) is 2.25. The molecule has 0 saturated heterocycles. The van der Waals surface area contributed by atoms with Crippen LogP contribution in [0.25, 0.3) is 11.0 Å². The highest BCUT2D eigenvalue weighted by atomic mass is 16.5. The summed E-state index contributed by atoms with van der Waals surface area (Å²) < 4.78 is 10.9. The highest BCUT2D eigenvalue weighted by molar-refractivity contribution is 5.81. The molecule has 3 aromatic rings. The van der Waals surface area contributed by atoms with E-state index in [1.807, 2.05) is 43.3 Å². The molecule has 0 spiro atoms. The largest absolute Gasteiger partial charge is 0.489 e. The second-order valence-electron chi connectivity index (χ2n) is 4.89. The number of ether oxygens (including phenoxy) is 1. The van der Waals surface area contributed by atoms with Gasteiger partial charge in [0.2, 0.25) is 0 Å². The first-order valence-corrected chi connectivity index (χ1v) is 6.64. The minimum absolute atomic E-state index is 0.357. The summed E-state index contributed by atoms with van der Waals surface area (Å²) in [7, 11) is 0. The third-order valence-corrected chi connectivity index (χ3v) is 3.37. The van der Waals surface area contributed by atoms with Crippen molar-refractivity contribution in [3.05, 3.63) is 70.1 Å². The Morgan fingerprint density at radius 3 is 2.76 bits per heavy atom. The second kappa shape index (κ2) is 5.32. The maximum absolute atomic E-state index is 11.4. The van der Waals surface area contributed by atoms with Crippen molar-refractivity contribution in [1.29, 1.82) is 0 Å². The molecule has 0 saturated carbocycles. The van der Waals surface area contributed by atoms with Gasteiger partial charge < -0.3 is 14.9 Å². The molecule has 0 aliphatic heterocycles. The first-order valence-electron chi connectivity index (χ1n) is 6.64. The van der Waals surface area contributed by atoms with Crippen molar-refractivity contribution in [2.24, 2.45) is 0 Å². The van der Waals surface area contributed by atoms with Crippen LogP contribution in [0.5, 0.6) is 5.75 Å². The van der Waals surface area contributed by atoms with Crippen molar-refractivity contribution in [3.63, 3.8) is 0 Å². The van der Waals surface area contributed by atoms with Crippen LogP contribution in [0.3, 0.4) is 0 Å². The van der Waals surface area contributed by atoms with E-state index in [9.17, 15) is 4.79 Å². The Morgan fingerprint density at radius 1 is 1.14 bits per heavy atom. The highest BCUT2D eigenvalue weighted by Gasteiger charge is 2.05. The minimum atomic E-state index is -0.357. The maximum atomic E-state index is 11.4. The lowest BCUT2D eigenvalue weighted by molar-refractivity contribution is 0.307. The molecule has 3 rings (SSSR count). The lowest BCUT2D eigenvalue weighted by atomic mass is 10.1. The monoisotopic (exact) mass is 281 g/mol. The van der Waals surface area contributed by atoms with Crippen LogP contribution in [-0.2, 0) is 6.61 Å². The smallest absolute Gasteiger partial charge is 0.336 e. The molecular weight excluding hydrogens is 266 g/mol. The predicted octanol–water partition coefficient (Wildman–Crippen LogP) is 3.26. The number of hydrogen-bond donors (Lipinski definition) is 1. The number of para-hydroxylation sites is 1. The fraction of sp³-hybridized carbons (Fsp3) is 0.118. The van der Waals surface area contributed by atoms with E-state index in [0.29, 0.717) is 23.6 Å². The van der Waals surface area contributed by atoms with Crippen molar-refractivity contribution in [2.45, 2.75) is 13.5 Å². The van der Waals surface area contributed by atoms with Crippen LogP contribution in [0.4, 0.5) is 5.69 Å². The van der Waals surface area contributed by atoms with Crippen molar-refractivity contribution in [1.82, 2.24) is 0 Å². The van der Waals surface area contributed by atoms with E-state index in [4.69, 9.17) is 14.9 Å². The lowest BCUT2D eigenvalue weighted by Gasteiger charge is -2.09. The van der Waals surface area contributed by atoms with E-state index in [0.717, 1.165) is 16.5 Å². The summed E-state index contributed by atoms with van der Waals surface area (Å²) in [4.78, 5) is 11.4. The molecule has 4 nitrogen and oxygen atoms in total. The van der Waals surface area contributed by atoms with Crippen molar-refractivity contribution in [3.8, 4) is 5.75 Å². The van der Waals surface area contributed by atoms with Gasteiger partial charge >= 0.3 is 5.63 Å². The average molecular weight is 281 g/mol. The molecular formula is C17H15NO3. The van der Waals surface area contributed by atoms with E-state index < -0.39 is 0 Å². The van der Waals surface area contributed by atoms with E-state index in [1.165, 1.54) is 6.07 Å². The number of rotatable bonds is 3. The first kappa shape index (κ1) is 13.2. The molecule has 1 aromatic heterocycles. The molecule has 0 bridgehead atoms. The predicted molar refractivity (Wildman–Crippen MR) is 82.4 cm³/mol. The van der Waals surface area contributed by atoms with Gasteiger partial charge in [0.05, 0.1) is 0 Å². The molecule has 0 fully saturated rings. The highest BCUT2D eigenvalue weighted by Crippen LogP contribution is 2.23. The van der Waals surface area contributed by atoms with Crippen LogP contribution < -0.4 is 16.1 Å². The van der Waals surface area contributed by atoms with Crippen LogP contribution in [0, 0.1) is 6.92 Å². The van der Waals surface area contributed by atoms with Crippen molar-refractivity contribution in [2.75, 3.05) is 5.73 Å². The molecule has 21 heavy (non-hydrogen) atoms. The fourth-order valence-corrected chi connectivity index (χ4v) is 2.22. The Morgan fingerprint density at radius 2 is 1.95 bits per heavy atom. The Labute approximate surface area is 121 Å². The quantitative estimate of drug-likeness (QED) is 0.591. The average Bonchev–Trinajstić information content (AvgIpc) is 2.46. The van der Waals surface area contributed by atoms with Gasteiger partial charge in [0.15, 0.2) is 0 Å². The van der Waals surface area contributed by atoms with Crippen molar-refractivity contribution >= 4 is 16.7 Å². The standard InChI is InChI=1S/C17H15NO3/c1-11-8-17(19)21-16-9-13(6-7-14(11)16)20-10-12-4-2-3-5-15(12)18/h2-9H,10,18H2,1H3. The zero-order chi connectivity index (χ0) is 14.8. The molecule has 0 aliphatic rings. The Hall–Kier alpha value is -2.75. The van der Waals surface area contributed by atoms with Gasteiger partial charge in [-0.25, -0.2) is 4.79 Å². The van der Waals surface area contributed by atoms with Crippen LogP contribution in [0.1, 0.15) is 11.1 Å². The molecule has 2 aromatic carbocycles. The summed E-state index contributed by atoms with van der Waals surface area (Å²) in [5.41, 5.74) is 8.55. The molecule has 0 atom stereocenters. The van der Waals surface area contributed by atoms with Gasteiger partial charge in [-0.2, -0.15) is 0 Å². The minimum Gasteiger partial charge on any atom is -0.489 e. The van der Waals surface area contributed by atoms with Gasteiger partial charge in [-0.1, -0.05) is 18.2 Å². The van der Waals surface area contributed by atoms with Crippen LogP contribution in [0.2, 0.25) is 0 Å².